The van der Waals surface area contributed by atoms with Crippen molar-refractivity contribution in [1.82, 2.24) is 0 Å². The van der Waals surface area contributed by atoms with Crippen LogP contribution in [0.4, 0.5) is 11.4 Å². The van der Waals surface area contributed by atoms with Crippen molar-refractivity contribution in [2.75, 3.05) is 30.8 Å². The minimum atomic E-state index is 0.311. The number of ether oxygens (including phenoxy) is 2. The Morgan fingerprint density at radius 3 is 2.70 bits per heavy atom. The lowest BCUT2D eigenvalue weighted by Crippen LogP contribution is -2.08. The lowest BCUT2D eigenvalue weighted by atomic mass is 10.2. The molecular weight excluding hydrogens is 252 g/mol. The third-order valence-corrected chi connectivity index (χ3v) is 2.87. The fourth-order valence-corrected chi connectivity index (χ4v) is 1.81. The summed E-state index contributed by atoms with van der Waals surface area (Å²) in [5.74, 6) is 0.764. The van der Waals surface area contributed by atoms with Gasteiger partial charge < -0.3 is 20.5 Å². The van der Waals surface area contributed by atoms with Crippen molar-refractivity contribution >= 4 is 11.4 Å². The maximum atomic E-state index is 6.09. The average Bonchev–Trinajstić information content (AvgIpc) is 2.42. The molecule has 0 fully saturated rings. The van der Waals surface area contributed by atoms with Crippen molar-refractivity contribution in [3.05, 3.63) is 18.2 Å². The number of hydrogen-bond donors (Lipinski definition) is 2. The topological polar surface area (TPSA) is 56.5 Å². The van der Waals surface area contributed by atoms with Gasteiger partial charge in [-0.3, -0.25) is 0 Å². The van der Waals surface area contributed by atoms with E-state index in [0.717, 1.165) is 43.9 Å². The summed E-state index contributed by atoms with van der Waals surface area (Å²) in [5.41, 5.74) is 7.73. The standard InChI is InChI=1S/C16H28N2O2/c1-4-11-20-15-9-7-8-14(16(15)17)18-10-5-6-12-19-13(2)3/h7-9,13,18H,4-6,10-12,17H2,1-3H3. The molecule has 0 heterocycles. The van der Waals surface area contributed by atoms with Crippen molar-refractivity contribution < 1.29 is 9.47 Å². The molecule has 0 aliphatic rings. The lowest BCUT2D eigenvalue weighted by molar-refractivity contribution is 0.0765. The van der Waals surface area contributed by atoms with Crippen LogP contribution >= 0.6 is 0 Å². The van der Waals surface area contributed by atoms with Crippen molar-refractivity contribution in [2.45, 2.75) is 46.1 Å². The molecule has 3 N–H and O–H groups in total. The molecule has 0 atom stereocenters. The third kappa shape index (κ3) is 6.15. The van der Waals surface area contributed by atoms with Gasteiger partial charge in [0, 0.05) is 13.2 Å². The second-order valence-corrected chi connectivity index (χ2v) is 5.12. The Labute approximate surface area is 122 Å². The number of nitrogens with one attached hydrogen (secondary N) is 1. The maximum Gasteiger partial charge on any atom is 0.144 e. The van der Waals surface area contributed by atoms with Gasteiger partial charge in [-0.1, -0.05) is 13.0 Å². The quantitative estimate of drug-likeness (QED) is 0.507. The van der Waals surface area contributed by atoms with E-state index in [1.807, 2.05) is 18.2 Å². The predicted octanol–water partition coefficient (Wildman–Crippen LogP) is 3.67. The van der Waals surface area contributed by atoms with Crippen LogP contribution in [-0.4, -0.2) is 25.9 Å². The molecular formula is C16H28N2O2. The normalized spacial score (nSPS) is 10.8. The third-order valence-electron chi connectivity index (χ3n) is 2.87. The van der Waals surface area contributed by atoms with E-state index in [0.29, 0.717) is 18.4 Å². The summed E-state index contributed by atoms with van der Waals surface area (Å²) < 4.78 is 11.1. The van der Waals surface area contributed by atoms with Crippen molar-refractivity contribution in [3.63, 3.8) is 0 Å². The summed E-state index contributed by atoms with van der Waals surface area (Å²) in [6.07, 6.45) is 3.40. The number of rotatable bonds is 10. The monoisotopic (exact) mass is 280 g/mol. The van der Waals surface area contributed by atoms with Crippen LogP contribution in [0.25, 0.3) is 0 Å². The highest BCUT2D eigenvalue weighted by Gasteiger charge is 2.05. The minimum Gasteiger partial charge on any atom is -0.491 e. The van der Waals surface area contributed by atoms with E-state index in [2.05, 4.69) is 26.1 Å². The molecule has 0 unspecified atom stereocenters. The fourth-order valence-electron chi connectivity index (χ4n) is 1.81. The Bertz CT molecular complexity index is 381. The lowest BCUT2D eigenvalue weighted by Gasteiger charge is -2.13. The van der Waals surface area contributed by atoms with Gasteiger partial charge in [-0.15, -0.1) is 0 Å². The van der Waals surface area contributed by atoms with Crippen LogP contribution < -0.4 is 15.8 Å². The maximum absolute atomic E-state index is 6.09. The molecule has 0 spiro atoms. The van der Waals surface area contributed by atoms with Gasteiger partial charge in [-0.05, 0) is 45.2 Å². The van der Waals surface area contributed by atoms with E-state index in [4.69, 9.17) is 15.2 Å². The Morgan fingerprint density at radius 1 is 1.20 bits per heavy atom. The van der Waals surface area contributed by atoms with Gasteiger partial charge in [0.25, 0.3) is 0 Å². The zero-order valence-corrected chi connectivity index (χ0v) is 12.9. The van der Waals surface area contributed by atoms with Crippen molar-refractivity contribution in [2.24, 2.45) is 0 Å². The van der Waals surface area contributed by atoms with E-state index in [1.165, 1.54) is 0 Å². The molecule has 0 saturated heterocycles. The van der Waals surface area contributed by atoms with Crippen LogP contribution in [0.5, 0.6) is 5.75 Å². The number of nitrogens with two attached hydrogens (primary N) is 1. The molecule has 0 saturated carbocycles. The first-order valence-electron chi connectivity index (χ1n) is 7.52. The van der Waals surface area contributed by atoms with Gasteiger partial charge in [0.1, 0.15) is 5.75 Å². The zero-order valence-electron chi connectivity index (χ0n) is 12.9. The van der Waals surface area contributed by atoms with E-state index >= 15 is 0 Å². The largest absolute Gasteiger partial charge is 0.491 e. The first kappa shape index (κ1) is 16.6. The molecule has 1 aromatic rings. The van der Waals surface area contributed by atoms with Crippen LogP contribution in [0, 0.1) is 0 Å². The summed E-state index contributed by atoms with van der Waals surface area (Å²) in [4.78, 5) is 0. The van der Waals surface area contributed by atoms with E-state index in [-0.39, 0.29) is 0 Å². The molecule has 0 aliphatic heterocycles. The summed E-state index contributed by atoms with van der Waals surface area (Å²) in [6.45, 7) is 8.59. The molecule has 4 heteroatoms. The fraction of sp³-hybridized carbons (Fsp3) is 0.625. The Kier molecular flexibility index (Phi) is 7.88. The first-order valence-corrected chi connectivity index (χ1v) is 7.52. The molecule has 1 aromatic carbocycles. The van der Waals surface area contributed by atoms with Gasteiger partial charge in [0.15, 0.2) is 0 Å². The Morgan fingerprint density at radius 2 is 2.00 bits per heavy atom. The average molecular weight is 280 g/mol. The highest BCUT2D eigenvalue weighted by atomic mass is 16.5. The Hall–Kier alpha value is -1.42. The molecule has 114 valence electrons. The number of anilines is 2. The molecule has 0 aliphatic carbocycles. The summed E-state index contributed by atoms with van der Waals surface area (Å²) in [7, 11) is 0. The molecule has 20 heavy (non-hydrogen) atoms. The van der Waals surface area contributed by atoms with Crippen LogP contribution in [-0.2, 0) is 4.74 Å². The van der Waals surface area contributed by atoms with Crippen LogP contribution in [0.1, 0.15) is 40.0 Å². The van der Waals surface area contributed by atoms with Crippen molar-refractivity contribution in [3.8, 4) is 5.75 Å². The summed E-state index contributed by atoms with van der Waals surface area (Å²) in [5, 5.41) is 3.36. The second-order valence-electron chi connectivity index (χ2n) is 5.12. The number of para-hydroxylation sites is 1. The predicted molar refractivity (Wildman–Crippen MR) is 85.5 cm³/mol. The first-order chi connectivity index (χ1) is 9.65. The second kappa shape index (κ2) is 9.48. The molecule has 1 rings (SSSR count). The van der Waals surface area contributed by atoms with Crippen LogP contribution in [0.15, 0.2) is 18.2 Å². The van der Waals surface area contributed by atoms with Crippen LogP contribution in [0.3, 0.4) is 0 Å². The van der Waals surface area contributed by atoms with Gasteiger partial charge in [0.2, 0.25) is 0 Å². The van der Waals surface area contributed by atoms with E-state index in [1.54, 1.807) is 0 Å². The molecule has 0 bridgehead atoms. The number of unbranched alkanes of at least 4 members (excludes halogenated alkanes) is 1. The minimum absolute atomic E-state index is 0.311. The van der Waals surface area contributed by atoms with Gasteiger partial charge >= 0.3 is 0 Å². The number of hydrogen-bond acceptors (Lipinski definition) is 4. The molecule has 0 aromatic heterocycles. The summed E-state index contributed by atoms with van der Waals surface area (Å²) >= 11 is 0. The van der Waals surface area contributed by atoms with E-state index in [9.17, 15) is 0 Å². The van der Waals surface area contributed by atoms with E-state index < -0.39 is 0 Å². The van der Waals surface area contributed by atoms with Crippen LogP contribution in [0.2, 0.25) is 0 Å². The smallest absolute Gasteiger partial charge is 0.144 e. The molecule has 0 radical (unpaired) electrons. The van der Waals surface area contributed by atoms with Crippen molar-refractivity contribution in [1.29, 1.82) is 0 Å². The number of benzene rings is 1. The Balaban J connectivity index is 2.32. The summed E-state index contributed by atoms with van der Waals surface area (Å²) in [6, 6.07) is 5.86. The van der Waals surface area contributed by atoms with Gasteiger partial charge in [-0.25, -0.2) is 0 Å². The zero-order chi connectivity index (χ0) is 14.8. The molecule has 4 nitrogen and oxygen atoms in total. The van der Waals surface area contributed by atoms with Gasteiger partial charge in [0.05, 0.1) is 24.1 Å². The molecule has 0 amide bonds. The highest BCUT2D eigenvalue weighted by Crippen LogP contribution is 2.29. The highest BCUT2D eigenvalue weighted by molar-refractivity contribution is 5.72. The van der Waals surface area contributed by atoms with Gasteiger partial charge in [-0.2, -0.15) is 0 Å². The number of nitrogen functional groups attached to an aromatic ring is 1. The SMILES string of the molecule is CCCOc1cccc(NCCCCOC(C)C)c1N.